The van der Waals surface area contributed by atoms with Crippen LogP contribution in [-0.2, 0) is 0 Å². The first kappa shape index (κ1) is 40.8. The van der Waals surface area contributed by atoms with E-state index in [1.54, 1.807) is 0 Å². The summed E-state index contributed by atoms with van der Waals surface area (Å²) in [5.41, 5.74) is 12.4. The Bertz CT molecular complexity index is 4150. The van der Waals surface area contributed by atoms with E-state index in [1.807, 2.05) is 6.07 Å². The maximum atomic E-state index is 7.10. The van der Waals surface area contributed by atoms with Crippen LogP contribution >= 0.6 is 0 Å². The van der Waals surface area contributed by atoms with Gasteiger partial charge >= 0.3 is 0 Å². The molecule has 336 valence electrons. The molecule has 0 amide bonds. The van der Waals surface area contributed by atoms with Gasteiger partial charge < -0.3 is 18.6 Å². The molecule has 0 spiro atoms. The fourth-order valence-corrected chi connectivity index (χ4v) is 17.2. The molecule has 0 atom stereocenters. The fourth-order valence-electron chi connectivity index (χ4n) is 12.4. The first-order chi connectivity index (χ1) is 35.7. The van der Waals surface area contributed by atoms with Crippen LogP contribution < -0.4 is 46.6 Å². The van der Waals surface area contributed by atoms with Gasteiger partial charge in [-0.2, -0.15) is 0 Å². The second kappa shape index (κ2) is 16.0. The Balaban J connectivity index is 1.02. The molecule has 6 heteroatoms. The molecule has 72 heavy (non-hydrogen) atoms. The van der Waals surface area contributed by atoms with Gasteiger partial charge in [0.05, 0.1) is 27.8 Å². The Hall–Kier alpha value is -9.10. The van der Waals surface area contributed by atoms with Crippen molar-refractivity contribution in [2.75, 3.05) is 0 Å². The van der Waals surface area contributed by atoms with E-state index in [2.05, 4.69) is 264 Å². The number of nitrogens with zero attached hydrogens (tertiary/aromatic N) is 2. The van der Waals surface area contributed by atoms with Crippen LogP contribution in [0.3, 0.4) is 0 Å². The zero-order valence-corrected chi connectivity index (χ0v) is 40.1. The molecule has 0 N–H and O–H groups in total. The Labute approximate surface area is 418 Å². The summed E-state index contributed by atoms with van der Waals surface area (Å²) in [6, 6.07) is 95.8. The first-order valence-electron chi connectivity index (χ1n) is 24.8. The highest BCUT2D eigenvalue weighted by molar-refractivity contribution is 7.20. The van der Waals surface area contributed by atoms with Gasteiger partial charge in [0.25, 0.3) is 6.71 Å². The quantitative estimate of drug-likeness (QED) is 0.118. The second-order valence-corrected chi connectivity index (χ2v) is 22.9. The Morgan fingerprint density at radius 1 is 0.319 bits per heavy atom. The smallest absolute Gasteiger partial charge is 0.260 e. The van der Waals surface area contributed by atoms with Crippen molar-refractivity contribution in [3.63, 3.8) is 0 Å². The fraction of sp³-hybridized carbons (Fsp3) is 0. The van der Waals surface area contributed by atoms with Crippen LogP contribution in [0.4, 0.5) is 0 Å². The maximum Gasteiger partial charge on any atom is 0.260 e. The second-order valence-electron chi connectivity index (χ2n) is 19.1. The van der Waals surface area contributed by atoms with Gasteiger partial charge in [-0.25, -0.2) is 0 Å². The summed E-state index contributed by atoms with van der Waals surface area (Å²) in [4.78, 5) is 0. The third kappa shape index (κ3) is 5.93. The van der Waals surface area contributed by atoms with Crippen molar-refractivity contribution >= 4 is 95.5 Å². The molecule has 0 saturated carbocycles. The highest BCUT2D eigenvalue weighted by Crippen LogP contribution is 2.42. The lowest BCUT2D eigenvalue weighted by Gasteiger charge is -2.35. The van der Waals surface area contributed by atoms with Gasteiger partial charge in [-0.05, 0) is 91.8 Å². The molecule has 4 nitrogen and oxygen atoms in total. The molecule has 4 heterocycles. The predicted molar refractivity (Wildman–Crippen MR) is 302 cm³/mol. The Morgan fingerprint density at radius 2 is 0.806 bits per heavy atom. The SMILES string of the molecule is c1ccc([Si](c2ccccc2)(c2ccccc2)c2cccc(-c3cc4c(cc3-n3c5ccccc5c5cc(-n6c7ccccc7c7ccccc76)ccc53)Oc3cccc5c3B4c3ccccc3O5)c2)cc1. The van der Waals surface area contributed by atoms with Crippen molar-refractivity contribution < 1.29 is 9.47 Å². The molecule has 0 saturated heterocycles. The predicted octanol–water partition coefficient (Wildman–Crippen LogP) is 11.7. The largest absolute Gasteiger partial charge is 0.458 e. The lowest BCUT2D eigenvalue weighted by Crippen LogP contribution is -2.74. The van der Waals surface area contributed by atoms with Crippen molar-refractivity contribution in [2.24, 2.45) is 0 Å². The molecule has 0 radical (unpaired) electrons. The van der Waals surface area contributed by atoms with Gasteiger partial charge in [0.2, 0.25) is 0 Å². The topological polar surface area (TPSA) is 28.3 Å². The number of hydrogen-bond donors (Lipinski definition) is 0. The van der Waals surface area contributed by atoms with Gasteiger partial charge in [-0.3, -0.25) is 0 Å². The molecule has 11 aromatic carbocycles. The van der Waals surface area contributed by atoms with Crippen LogP contribution in [0, 0.1) is 0 Å². The summed E-state index contributed by atoms with van der Waals surface area (Å²) in [7, 11) is -2.90. The molecule has 2 aromatic heterocycles. The average molecular weight is 935 g/mol. The summed E-state index contributed by atoms with van der Waals surface area (Å²) >= 11 is 0. The minimum Gasteiger partial charge on any atom is -0.458 e. The van der Waals surface area contributed by atoms with Crippen LogP contribution in [0.15, 0.2) is 261 Å². The van der Waals surface area contributed by atoms with Crippen LogP contribution in [0.1, 0.15) is 0 Å². The molecule has 13 aromatic rings. The van der Waals surface area contributed by atoms with E-state index >= 15 is 0 Å². The van der Waals surface area contributed by atoms with Crippen molar-refractivity contribution in [1.29, 1.82) is 0 Å². The number of hydrogen-bond acceptors (Lipinski definition) is 2. The highest BCUT2D eigenvalue weighted by atomic mass is 28.3. The summed E-state index contributed by atoms with van der Waals surface area (Å²) in [5.74, 6) is 3.37. The summed E-state index contributed by atoms with van der Waals surface area (Å²) in [6.07, 6.45) is 0. The molecule has 15 rings (SSSR count). The lowest BCUT2D eigenvalue weighted by molar-refractivity contribution is 0.464. The number of para-hydroxylation sites is 4. The zero-order chi connectivity index (χ0) is 47.3. The zero-order valence-electron chi connectivity index (χ0n) is 39.1. The van der Waals surface area contributed by atoms with Crippen LogP contribution in [0.5, 0.6) is 23.0 Å². The lowest BCUT2D eigenvalue weighted by atomic mass is 9.34. The molecule has 0 fully saturated rings. The van der Waals surface area contributed by atoms with E-state index in [1.165, 1.54) is 53.3 Å². The Kier molecular flexibility index (Phi) is 9.04. The minimum absolute atomic E-state index is 0.0979. The average Bonchev–Trinajstić information content (AvgIpc) is 3.96. The van der Waals surface area contributed by atoms with E-state index < -0.39 is 8.07 Å². The Morgan fingerprint density at radius 3 is 1.44 bits per heavy atom. The number of rotatable bonds is 7. The normalized spacial score (nSPS) is 12.6. The van der Waals surface area contributed by atoms with Gasteiger partial charge in [0, 0.05) is 44.3 Å². The number of ether oxygens (including phenoxy) is 2. The molecule has 0 bridgehead atoms. The van der Waals surface area contributed by atoms with Gasteiger partial charge in [-0.15, -0.1) is 0 Å². The van der Waals surface area contributed by atoms with E-state index in [9.17, 15) is 0 Å². The first-order valence-corrected chi connectivity index (χ1v) is 26.8. The third-order valence-corrected chi connectivity index (χ3v) is 20.2. The van der Waals surface area contributed by atoms with E-state index in [0.29, 0.717) is 0 Å². The van der Waals surface area contributed by atoms with Gasteiger partial charge in [0.1, 0.15) is 23.0 Å². The van der Waals surface area contributed by atoms with E-state index in [-0.39, 0.29) is 6.71 Å². The number of fused-ring (bicyclic) bond motifs is 10. The highest BCUT2D eigenvalue weighted by Gasteiger charge is 2.43. The molecule has 2 aliphatic rings. The van der Waals surface area contributed by atoms with Crippen molar-refractivity contribution in [1.82, 2.24) is 9.13 Å². The van der Waals surface area contributed by atoms with Crippen LogP contribution in [-0.4, -0.2) is 23.9 Å². The standard InChI is InChI=1S/C66H43BN2O2Si/c1-4-21-46(22-5-1)72(47-23-6-2-7-24-47,48-25-8-3-9-26-48)49-27-18-20-44(40-49)53-42-56-65(71-64-37-19-36-63-66(64)67(56)55-31-13-17-35-62(55)70-63)43-61(53)69-59-34-16-12-30-52(59)54-41-45(38-39-60(54)69)68-57-32-14-10-28-50(57)51-29-11-15-33-58(51)68/h1-43H. The summed E-state index contributed by atoms with van der Waals surface area (Å²) < 4.78 is 18.6. The molecule has 0 unspecified atom stereocenters. The summed E-state index contributed by atoms with van der Waals surface area (Å²) in [6.45, 7) is -0.0979. The molecule has 2 aliphatic heterocycles. The van der Waals surface area contributed by atoms with Crippen molar-refractivity contribution in [3.05, 3.63) is 261 Å². The van der Waals surface area contributed by atoms with Crippen molar-refractivity contribution in [3.8, 4) is 45.5 Å². The monoisotopic (exact) mass is 934 g/mol. The number of benzene rings is 11. The molecular formula is C66H43BN2O2Si. The minimum atomic E-state index is -2.90. The number of aromatic nitrogens is 2. The molecule has 0 aliphatic carbocycles. The maximum absolute atomic E-state index is 7.10. The third-order valence-electron chi connectivity index (χ3n) is 15.4. The van der Waals surface area contributed by atoms with Crippen molar-refractivity contribution in [2.45, 2.75) is 0 Å². The summed E-state index contributed by atoms with van der Waals surface area (Å²) in [5, 5.41) is 10.2. The van der Waals surface area contributed by atoms with Gasteiger partial charge in [0.15, 0.2) is 8.07 Å². The van der Waals surface area contributed by atoms with E-state index in [0.717, 1.165) is 72.9 Å². The van der Waals surface area contributed by atoms with E-state index in [4.69, 9.17) is 9.47 Å². The van der Waals surface area contributed by atoms with Crippen LogP contribution in [0.25, 0.3) is 66.1 Å². The van der Waals surface area contributed by atoms with Gasteiger partial charge in [-0.1, -0.05) is 200 Å². The molecular weight excluding hydrogens is 892 g/mol. The van der Waals surface area contributed by atoms with Crippen LogP contribution in [0.2, 0.25) is 0 Å².